The Hall–Kier alpha value is -1.37. The summed E-state index contributed by atoms with van der Waals surface area (Å²) in [5.41, 5.74) is 1.49. The predicted molar refractivity (Wildman–Crippen MR) is 76.2 cm³/mol. The third-order valence-electron chi connectivity index (χ3n) is 2.88. The Bertz CT molecular complexity index is 448. The zero-order valence-corrected chi connectivity index (χ0v) is 11.7. The van der Waals surface area contributed by atoms with Crippen LogP contribution < -0.4 is 0 Å². The second-order valence-corrected chi connectivity index (χ2v) is 4.46. The molecule has 3 heteroatoms. The van der Waals surface area contributed by atoms with Gasteiger partial charge in [0.2, 0.25) is 0 Å². The van der Waals surface area contributed by atoms with Gasteiger partial charge in [-0.2, -0.15) is 0 Å². The molecule has 0 saturated carbocycles. The Morgan fingerprint density at radius 3 is 2.74 bits per heavy atom. The van der Waals surface area contributed by atoms with Gasteiger partial charge < -0.3 is 5.11 Å². The summed E-state index contributed by atoms with van der Waals surface area (Å²) in [6, 6.07) is 5.08. The lowest BCUT2D eigenvalue weighted by molar-refractivity contribution is 0.280. The minimum Gasteiger partial charge on any atom is -0.395 e. The van der Waals surface area contributed by atoms with Crippen LogP contribution in [0.1, 0.15) is 37.8 Å². The first kappa shape index (κ1) is 15.7. The zero-order valence-electron chi connectivity index (χ0n) is 11.7. The lowest BCUT2D eigenvalue weighted by atomic mass is 10.1. The molecule has 0 radical (unpaired) electrons. The molecule has 0 spiro atoms. The minimum atomic E-state index is -0.298. The van der Waals surface area contributed by atoms with E-state index in [2.05, 4.69) is 30.6 Å². The molecule has 0 unspecified atom stereocenters. The van der Waals surface area contributed by atoms with E-state index >= 15 is 0 Å². The van der Waals surface area contributed by atoms with Crippen molar-refractivity contribution in [1.29, 1.82) is 0 Å². The van der Waals surface area contributed by atoms with Crippen molar-refractivity contribution in [2.24, 2.45) is 0 Å². The Morgan fingerprint density at radius 1 is 1.32 bits per heavy atom. The number of benzene rings is 1. The van der Waals surface area contributed by atoms with Crippen LogP contribution in [0.3, 0.4) is 0 Å². The van der Waals surface area contributed by atoms with Gasteiger partial charge in [-0.1, -0.05) is 31.8 Å². The van der Waals surface area contributed by atoms with Crippen molar-refractivity contribution in [3.63, 3.8) is 0 Å². The molecule has 0 fully saturated rings. The van der Waals surface area contributed by atoms with Crippen molar-refractivity contribution in [2.75, 3.05) is 19.7 Å². The van der Waals surface area contributed by atoms with Gasteiger partial charge in [-0.05, 0) is 37.2 Å². The number of aliphatic hydroxyl groups excluding tert-OH is 1. The van der Waals surface area contributed by atoms with Crippen LogP contribution in [-0.2, 0) is 6.54 Å². The SMILES string of the molecule is CCCN(CC)Cc1ccc(F)c(C#CCCO)c1. The van der Waals surface area contributed by atoms with Gasteiger partial charge in [0.15, 0.2) is 0 Å². The van der Waals surface area contributed by atoms with Crippen LogP contribution in [0.2, 0.25) is 0 Å². The van der Waals surface area contributed by atoms with E-state index in [-0.39, 0.29) is 12.4 Å². The summed E-state index contributed by atoms with van der Waals surface area (Å²) in [5, 5.41) is 8.68. The van der Waals surface area contributed by atoms with E-state index in [0.717, 1.165) is 31.6 Å². The van der Waals surface area contributed by atoms with E-state index in [0.29, 0.717) is 12.0 Å². The van der Waals surface area contributed by atoms with Crippen molar-refractivity contribution in [1.82, 2.24) is 4.90 Å². The van der Waals surface area contributed by atoms with Crippen molar-refractivity contribution in [3.05, 3.63) is 35.1 Å². The first-order chi connectivity index (χ1) is 9.21. The van der Waals surface area contributed by atoms with E-state index in [4.69, 9.17) is 5.11 Å². The summed E-state index contributed by atoms with van der Waals surface area (Å²) in [6.07, 6.45) is 1.48. The zero-order chi connectivity index (χ0) is 14.1. The molecular weight excluding hydrogens is 241 g/mol. The fourth-order valence-electron chi connectivity index (χ4n) is 1.90. The van der Waals surface area contributed by atoms with Gasteiger partial charge in [-0.3, -0.25) is 4.90 Å². The highest BCUT2D eigenvalue weighted by molar-refractivity contribution is 5.38. The lowest BCUT2D eigenvalue weighted by Gasteiger charge is -2.19. The van der Waals surface area contributed by atoms with Gasteiger partial charge >= 0.3 is 0 Å². The first-order valence-corrected chi connectivity index (χ1v) is 6.81. The van der Waals surface area contributed by atoms with Crippen molar-refractivity contribution < 1.29 is 9.50 Å². The van der Waals surface area contributed by atoms with Crippen LogP contribution in [0.5, 0.6) is 0 Å². The van der Waals surface area contributed by atoms with E-state index < -0.39 is 0 Å². The fraction of sp³-hybridized carbons (Fsp3) is 0.500. The molecule has 0 saturated heterocycles. The Labute approximate surface area is 115 Å². The summed E-state index contributed by atoms with van der Waals surface area (Å²) in [5.74, 6) is 5.23. The molecule has 0 atom stereocenters. The molecule has 1 aromatic carbocycles. The molecule has 0 aliphatic heterocycles. The van der Waals surface area contributed by atoms with Crippen LogP contribution in [0.25, 0.3) is 0 Å². The number of rotatable bonds is 6. The van der Waals surface area contributed by atoms with Crippen LogP contribution in [0.15, 0.2) is 18.2 Å². The summed E-state index contributed by atoms with van der Waals surface area (Å²) in [7, 11) is 0. The van der Waals surface area contributed by atoms with Gasteiger partial charge in [-0.15, -0.1) is 0 Å². The highest BCUT2D eigenvalue weighted by Gasteiger charge is 2.05. The van der Waals surface area contributed by atoms with E-state index in [1.54, 1.807) is 6.07 Å². The maximum Gasteiger partial charge on any atom is 0.138 e. The number of hydrogen-bond donors (Lipinski definition) is 1. The molecule has 2 nitrogen and oxygen atoms in total. The van der Waals surface area contributed by atoms with Gasteiger partial charge in [0.1, 0.15) is 5.82 Å². The monoisotopic (exact) mass is 263 g/mol. The standard InChI is InChI=1S/C16H22FNO/c1-3-10-18(4-2)13-14-8-9-16(17)15(12-14)7-5-6-11-19/h8-9,12,19H,3-4,6,10-11,13H2,1-2H3. The van der Waals surface area contributed by atoms with Crippen molar-refractivity contribution in [3.8, 4) is 11.8 Å². The number of aliphatic hydroxyl groups is 1. The number of hydrogen-bond acceptors (Lipinski definition) is 2. The second-order valence-electron chi connectivity index (χ2n) is 4.46. The molecule has 0 amide bonds. The minimum absolute atomic E-state index is 0.00836. The quantitative estimate of drug-likeness (QED) is 0.798. The van der Waals surface area contributed by atoms with Gasteiger partial charge in [0, 0.05) is 13.0 Å². The van der Waals surface area contributed by atoms with Gasteiger partial charge in [0.05, 0.1) is 12.2 Å². The summed E-state index contributed by atoms with van der Waals surface area (Å²) in [6.45, 7) is 7.13. The highest BCUT2D eigenvalue weighted by atomic mass is 19.1. The fourth-order valence-corrected chi connectivity index (χ4v) is 1.90. The maximum absolute atomic E-state index is 13.6. The molecule has 0 aromatic heterocycles. The molecule has 0 bridgehead atoms. The summed E-state index contributed by atoms with van der Waals surface area (Å²) >= 11 is 0. The second kappa shape index (κ2) is 8.68. The molecule has 19 heavy (non-hydrogen) atoms. The Balaban J connectivity index is 2.81. The van der Waals surface area contributed by atoms with Crippen LogP contribution >= 0.6 is 0 Å². The highest BCUT2D eigenvalue weighted by Crippen LogP contribution is 2.12. The van der Waals surface area contributed by atoms with Crippen molar-refractivity contribution >= 4 is 0 Å². The Kier molecular flexibility index (Phi) is 7.17. The van der Waals surface area contributed by atoms with E-state index in [1.165, 1.54) is 6.07 Å². The molecule has 0 heterocycles. The number of nitrogens with zero attached hydrogens (tertiary/aromatic N) is 1. The molecule has 1 rings (SSSR count). The molecule has 0 aliphatic rings. The summed E-state index contributed by atoms with van der Waals surface area (Å²) in [4.78, 5) is 2.32. The molecule has 104 valence electrons. The third-order valence-corrected chi connectivity index (χ3v) is 2.88. The predicted octanol–water partition coefficient (Wildman–Crippen LogP) is 2.79. The molecular formula is C16H22FNO. The normalized spacial score (nSPS) is 10.4. The smallest absolute Gasteiger partial charge is 0.138 e. The van der Waals surface area contributed by atoms with Gasteiger partial charge in [-0.25, -0.2) is 4.39 Å². The molecule has 1 aromatic rings. The number of halogens is 1. The lowest BCUT2D eigenvalue weighted by Crippen LogP contribution is -2.23. The topological polar surface area (TPSA) is 23.5 Å². The first-order valence-electron chi connectivity index (χ1n) is 6.81. The van der Waals surface area contributed by atoms with Crippen LogP contribution in [0.4, 0.5) is 4.39 Å². The van der Waals surface area contributed by atoms with Crippen LogP contribution in [0, 0.1) is 17.7 Å². The van der Waals surface area contributed by atoms with Gasteiger partial charge in [0.25, 0.3) is 0 Å². The summed E-state index contributed by atoms with van der Waals surface area (Å²) < 4.78 is 13.6. The average molecular weight is 263 g/mol. The third kappa shape index (κ3) is 5.42. The van der Waals surface area contributed by atoms with E-state index in [9.17, 15) is 4.39 Å². The average Bonchev–Trinajstić information content (AvgIpc) is 2.42. The Morgan fingerprint density at radius 2 is 2.11 bits per heavy atom. The molecule has 0 aliphatic carbocycles. The maximum atomic E-state index is 13.6. The largest absolute Gasteiger partial charge is 0.395 e. The van der Waals surface area contributed by atoms with E-state index in [1.807, 2.05) is 6.07 Å². The van der Waals surface area contributed by atoms with Crippen molar-refractivity contribution in [2.45, 2.75) is 33.2 Å². The molecule has 1 N–H and O–H groups in total. The van der Waals surface area contributed by atoms with Crippen LogP contribution in [-0.4, -0.2) is 29.7 Å².